The molecule has 1 amide bonds. The van der Waals surface area contributed by atoms with Crippen LogP contribution in [-0.2, 0) is 4.79 Å². The maximum absolute atomic E-state index is 12.0. The second-order valence-electron chi connectivity index (χ2n) is 5.17. The van der Waals surface area contributed by atoms with Gasteiger partial charge >= 0.3 is 0 Å². The summed E-state index contributed by atoms with van der Waals surface area (Å²) in [6.07, 6.45) is 0. The number of hydrogen-bond donors (Lipinski definition) is 2. The van der Waals surface area contributed by atoms with Crippen LogP contribution in [0.2, 0.25) is 0 Å². The number of aryl methyl sites for hydroxylation is 2. The van der Waals surface area contributed by atoms with Gasteiger partial charge in [-0.2, -0.15) is 0 Å². The molecular weight excluding hydrogens is 372 g/mol. The van der Waals surface area contributed by atoms with Gasteiger partial charge in [-0.1, -0.05) is 52.8 Å². The highest BCUT2D eigenvalue weighted by atomic mass is 79.9. The zero-order valence-electron chi connectivity index (χ0n) is 13.2. The van der Waals surface area contributed by atoms with Crippen LogP contribution in [0.15, 0.2) is 58.4 Å². The van der Waals surface area contributed by atoms with Gasteiger partial charge in [-0.05, 0) is 42.7 Å². The molecule has 0 aliphatic rings. The summed E-state index contributed by atoms with van der Waals surface area (Å²) < 4.78 is 1.09. The zero-order chi connectivity index (χ0) is 16.8. The highest BCUT2D eigenvalue weighted by molar-refractivity contribution is 9.10. The highest BCUT2D eigenvalue weighted by Gasteiger charge is 2.07. The molecule has 5 heteroatoms. The number of nitrogens with one attached hydrogen (secondary N) is 2. The maximum Gasteiger partial charge on any atom is 0.248 e. The molecule has 0 heterocycles. The van der Waals surface area contributed by atoms with E-state index < -0.39 is 0 Å². The Bertz CT molecular complexity index is 716. The third-order valence-electron chi connectivity index (χ3n) is 3.29. The van der Waals surface area contributed by atoms with Gasteiger partial charge in [-0.25, -0.2) is 0 Å². The minimum atomic E-state index is -0.0907. The van der Waals surface area contributed by atoms with Crippen LogP contribution in [0.1, 0.15) is 16.7 Å². The Labute approximate surface area is 149 Å². The molecule has 0 aliphatic heterocycles. The number of rotatable bonds is 6. The predicted molar refractivity (Wildman–Crippen MR) is 101 cm³/mol. The summed E-state index contributed by atoms with van der Waals surface area (Å²) in [5, 5.41) is 0. The Hall–Kier alpha value is -1.72. The van der Waals surface area contributed by atoms with E-state index in [1.807, 2.05) is 44.2 Å². The first kappa shape index (κ1) is 17.6. The number of carbonyl (C=O) groups is 1. The molecule has 0 fully saturated rings. The van der Waals surface area contributed by atoms with Crippen molar-refractivity contribution in [3.8, 4) is 0 Å². The summed E-state index contributed by atoms with van der Waals surface area (Å²) in [6.45, 7) is 8.00. The monoisotopic (exact) mass is 390 g/mol. The number of hydrogen-bond acceptors (Lipinski definition) is 3. The van der Waals surface area contributed by atoms with E-state index >= 15 is 0 Å². The normalized spacial score (nSPS) is 10.2. The van der Waals surface area contributed by atoms with Crippen LogP contribution in [-0.4, -0.2) is 11.7 Å². The van der Waals surface area contributed by atoms with Crippen molar-refractivity contribution in [2.45, 2.75) is 18.7 Å². The van der Waals surface area contributed by atoms with E-state index in [0.717, 1.165) is 26.1 Å². The molecule has 0 atom stereocenters. The fraction of sp³-hybridized carbons (Fsp3) is 0.167. The lowest BCUT2D eigenvalue weighted by Crippen LogP contribution is -2.37. The largest absolute Gasteiger partial charge is 0.299 e. The number of hydrazine groups is 1. The Kier molecular flexibility index (Phi) is 6.30. The third kappa shape index (κ3) is 5.15. The van der Waals surface area contributed by atoms with E-state index in [2.05, 4.69) is 45.5 Å². The Morgan fingerprint density at radius 2 is 1.83 bits per heavy atom. The first-order valence-corrected chi connectivity index (χ1v) is 8.94. The molecule has 2 aromatic carbocycles. The van der Waals surface area contributed by atoms with E-state index in [4.69, 9.17) is 0 Å². The summed E-state index contributed by atoms with van der Waals surface area (Å²) in [7, 11) is 0. The lowest BCUT2D eigenvalue weighted by molar-refractivity contribution is -0.119. The molecule has 2 rings (SSSR count). The standard InChI is InChI=1S/C18H19BrN2OS/c1-12-10-17(13(2)9-16(12)19)23-11-18(22)21-20-14(3)15-7-5-4-6-8-15/h4-10,20H,3,11H2,1-2H3,(H,21,22). The Morgan fingerprint density at radius 1 is 1.13 bits per heavy atom. The summed E-state index contributed by atoms with van der Waals surface area (Å²) in [5.74, 6) is 0.254. The van der Waals surface area contributed by atoms with Crippen molar-refractivity contribution in [2.24, 2.45) is 0 Å². The molecule has 0 saturated heterocycles. The number of benzene rings is 2. The summed E-state index contributed by atoms with van der Waals surface area (Å²) in [4.78, 5) is 13.1. The van der Waals surface area contributed by atoms with E-state index in [0.29, 0.717) is 11.4 Å². The van der Waals surface area contributed by atoms with Crippen LogP contribution in [0.3, 0.4) is 0 Å². The van der Waals surface area contributed by atoms with Crippen molar-refractivity contribution in [3.05, 3.63) is 70.2 Å². The molecular formula is C18H19BrN2OS. The molecule has 0 bridgehead atoms. The molecule has 0 aromatic heterocycles. The van der Waals surface area contributed by atoms with Gasteiger partial charge < -0.3 is 0 Å². The highest BCUT2D eigenvalue weighted by Crippen LogP contribution is 2.28. The van der Waals surface area contributed by atoms with E-state index in [9.17, 15) is 4.79 Å². The van der Waals surface area contributed by atoms with Crippen molar-refractivity contribution in [3.63, 3.8) is 0 Å². The maximum atomic E-state index is 12.0. The van der Waals surface area contributed by atoms with Gasteiger partial charge in [-0.15, -0.1) is 11.8 Å². The van der Waals surface area contributed by atoms with E-state index in [1.54, 1.807) is 0 Å². The second-order valence-corrected chi connectivity index (χ2v) is 7.04. The first-order valence-electron chi connectivity index (χ1n) is 7.16. The van der Waals surface area contributed by atoms with Gasteiger partial charge in [0.05, 0.1) is 11.4 Å². The lowest BCUT2D eigenvalue weighted by Gasteiger charge is -2.12. The smallest absolute Gasteiger partial charge is 0.248 e. The fourth-order valence-electron chi connectivity index (χ4n) is 1.95. The van der Waals surface area contributed by atoms with Crippen LogP contribution in [0.4, 0.5) is 0 Å². The quantitative estimate of drug-likeness (QED) is 0.565. The van der Waals surface area contributed by atoms with Gasteiger partial charge in [0.25, 0.3) is 0 Å². The molecule has 120 valence electrons. The minimum absolute atomic E-state index is 0.0907. The SMILES string of the molecule is C=C(NNC(=O)CSc1cc(C)c(Br)cc1C)c1ccccc1. The summed E-state index contributed by atoms with van der Waals surface area (Å²) in [5.41, 5.74) is 9.46. The van der Waals surface area contributed by atoms with E-state index in [1.165, 1.54) is 11.8 Å². The van der Waals surface area contributed by atoms with Gasteiger partial charge in [-0.3, -0.25) is 15.6 Å². The van der Waals surface area contributed by atoms with Gasteiger partial charge in [0.2, 0.25) is 5.91 Å². The molecule has 0 unspecified atom stereocenters. The summed E-state index contributed by atoms with van der Waals surface area (Å²) in [6, 6.07) is 13.8. The van der Waals surface area contributed by atoms with Gasteiger partial charge in [0.1, 0.15) is 0 Å². The first-order chi connectivity index (χ1) is 11.0. The molecule has 0 aliphatic carbocycles. The zero-order valence-corrected chi connectivity index (χ0v) is 15.6. The number of halogens is 1. The van der Waals surface area contributed by atoms with Gasteiger partial charge in [0.15, 0.2) is 0 Å². The topological polar surface area (TPSA) is 41.1 Å². The molecule has 0 saturated carbocycles. The third-order valence-corrected chi connectivity index (χ3v) is 5.30. The molecule has 0 spiro atoms. The van der Waals surface area contributed by atoms with Crippen LogP contribution < -0.4 is 10.9 Å². The molecule has 0 radical (unpaired) electrons. The van der Waals surface area contributed by atoms with Crippen molar-refractivity contribution in [1.29, 1.82) is 0 Å². The average molecular weight is 391 g/mol. The van der Waals surface area contributed by atoms with Crippen molar-refractivity contribution in [2.75, 3.05) is 5.75 Å². The lowest BCUT2D eigenvalue weighted by atomic mass is 10.2. The van der Waals surface area contributed by atoms with Crippen LogP contribution in [0.25, 0.3) is 5.70 Å². The fourth-order valence-corrected chi connectivity index (χ4v) is 3.31. The second kappa shape index (κ2) is 8.22. The van der Waals surface area contributed by atoms with Gasteiger partial charge in [0, 0.05) is 9.37 Å². The molecule has 2 aromatic rings. The van der Waals surface area contributed by atoms with Crippen LogP contribution >= 0.6 is 27.7 Å². The van der Waals surface area contributed by atoms with Crippen molar-refractivity contribution in [1.82, 2.24) is 10.9 Å². The number of thioether (sulfide) groups is 1. The molecule has 2 N–H and O–H groups in total. The van der Waals surface area contributed by atoms with Crippen molar-refractivity contribution < 1.29 is 4.79 Å². The van der Waals surface area contributed by atoms with Crippen LogP contribution in [0, 0.1) is 13.8 Å². The Balaban J connectivity index is 1.84. The predicted octanol–water partition coefficient (Wildman–Crippen LogP) is 4.45. The van der Waals surface area contributed by atoms with E-state index in [-0.39, 0.29) is 5.91 Å². The summed E-state index contributed by atoms with van der Waals surface area (Å²) >= 11 is 5.04. The van der Waals surface area contributed by atoms with Crippen LogP contribution in [0.5, 0.6) is 0 Å². The molecule has 3 nitrogen and oxygen atoms in total. The number of amides is 1. The van der Waals surface area contributed by atoms with Crippen molar-refractivity contribution >= 4 is 39.3 Å². The number of carbonyl (C=O) groups excluding carboxylic acids is 1. The molecule has 23 heavy (non-hydrogen) atoms. The minimum Gasteiger partial charge on any atom is -0.299 e. The average Bonchev–Trinajstić information content (AvgIpc) is 2.55. The Morgan fingerprint density at radius 3 is 2.52 bits per heavy atom.